The van der Waals surface area contributed by atoms with Crippen LogP contribution in [0.4, 0.5) is 0 Å². The van der Waals surface area contributed by atoms with Gasteiger partial charge < -0.3 is 19.7 Å². The van der Waals surface area contributed by atoms with E-state index in [1.54, 1.807) is 6.92 Å². The zero-order valence-corrected chi connectivity index (χ0v) is 35.9. The number of allylic oxidation sites excluding steroid dienone is 16. The maximum absolute atomic E-state index is 10.7. The molecule has 1 rings (SSSR count). The average molecular weight is 729 g/mol. The standard InChI is InChI=1S/C49H76O4/c1-36(2)20-13-21-37(3)22-14-23-38(4)24-15-25-39(5)26-16-27-40(6)28-17-29-41(7)30-18-31-42(8)32-19-33-43(9)34-35-45-44(10)46(50)48(52-11)49(53-12)47(45)51/h20,22,24,26,28,30,32,34,50-51H,13-19,21,23,25,27,29,31,33,35H2,1-12H3/b37-22-,38-24+,39-26+,40-28-,41-30+,42-32+,43-34+. The molecule has 0 saturated heterocycles. The molecular weight excluding hydrogens is 653 g/mol. The predicted molar refractivity (Wildman–Crippen MR) is 232 cm³/mol. The van der Waals surface area contributed by atoms with E-state index in [9.17, 15) is 10.2 Å². The van der Waals surface area contributed by atoms with Crippen LogP contribution >= 0.6 is 0 Å². The molecule has 0 amide bonds. The number of methoxy groups -OCH3 is 2. The van der Waals surface area contributed by atoms with Crippen molar-refractivity contribution in [2.24, 2.45) is 0 Å². The second-order valence-corrected chi connectivity index (χ2v) is 15.5. The van der Waals surface area contributed by atoms with Crippen molar-refractivity contribution in [1.82, 2.24) is 0 Å². The molecule has 0 aliphatic heterocycles. The number of hydrogen-bond donors (Lipinski definition) is 2. The number of hydrogen-bond acceptors (Lipinski definition) is 4. The monoisotopic (exact) mass is 729 g/mol. The molecule has 0 saturated carbocycles. The van der Waals surface area contributed by atoms with Gasteiger partial charge in [0, 0.05) is 11.1 Å². The van der Waals surface area contributed by atoms with E-state index < -0.39 is 0 Å². The summed E-state index contributed by atoms with van der Waals surface area (Å²) in [4.78, 5) is 0. The number of benzene rings is 1. The van der Waals surface area contributed by atoms with E-state index in [2.05, 4.69) is 111 Å². The first kappa shape index (κ1) is 47.4. The maximum Gasteiger partial charge on any atom is 0.207 e. The third kappa shape index (κ3) is 20.4. The molecule has 296 valence electrons. The zero-order valence-electron chi connectivity index (χ0n) is 35.9. The quantitative estimate of drug-likeness (QED) is 0.0777. The van der Waals surface area contributed by atoms with E-state index in [-0.39, 0.29) is 23.0 Å². The molecule has 0 bridgehead atoms. The lowest BCUT2D eigenvalue weighted by Gasteiger charge is -2.17. The highest BCUT2D eigenvalue weighted by atomic mass is 16.5. The van der Waals surface area contributed by atoms with Crippen molar-refractivity contribution in [1.29, 1.82) is 0 Å². The molecule has 2 N–H and O–H groups in total. The normalized spacial score (nSPS) is 13.8. The number of phenols is 2. The third-order valence-electron chi connectivity index (χ3n) is 10.1. The van der Waals surface area contributed by atoms with E-state index in [0.29, 0.717) is 17.5 Å². The van der Waals surface area contributed by atoms with Gasteiger partial charge in [-0.3, -0.25) is 0 Å². The van der Waals surface area contributed by atoms with Crippen molar-refractivity contribution in [2.45, 2.75) is 166 Å². The average Bonchev–Trinajstić information content (AvgIpc) is 3.09. The van der Waals surface area contributed by atoms with Gasteiger partial charge in [0.15, 0.2) is 11.5 Å². The minimum Gasteiger partial charge on any atom is -0.504 e. The van der Waals surface area contributed by atoms with Gasteiger partial charge in [-0.1, -0.05) is 93.2 Å². The lowest BCUT2D eigenvalue weighted by Crippen LogP contribution is -1.98. The van der Waals surface area contributed by atoms with Crippen molar-refractivity contribution < 1.29 is 19.7 Å². The molecular formula is C49H76O4. The predicted octanol–water partition coefficient (Wildman–Crippen LogP) is 15.0. The molecule has 0 fully saturated rings. The Morgan fingerprint density at radius 2 is 0.679 bits per heavy atom. The first-order valence-corrected chi connectivity index (χ1v) is 20.1. The van der Waals surface area contributed by atoms with Crippen molar-refractivity contribution >= 4 is 0 Å². The van der Waals surface area contributed by atoms with Crippen molar-refractivity contribution in [3.05, 3.63) is 104 Å². The molecule has 53 heavy (non-hydrogen) atoms. The second kappa shape index (κ2) is 27.0. The maximum atomic E-state index is 10.7. The highest BCUT2D eigenvalue weighted by Crippen LogP contribution is 2.48. The van der Waals surface area contributed by atoms with E-state index in [1.165, 1.54) is 71.6 Å². The molecule has 0 aliphatic rings. The lowest BCUT2D eigenvalue weighted by atomic mass is 9.99. The highest BCUT2D eigenvalue weighted by Gasteiger charge is 2.22. The number of rotatable bonds is 25. The summed E-state index contributed by atoms with van der Waals surface area (Å²) in [6.07, 6.45) is 35.1. The smallest absolute Gasteiger partial charge is 0.207 e. The molecule has 0 spiro atoms. The van der Waals surface area contributed by atoms with Crippen LogP contribution in [0.15, 0.2) is 93.2 Å². The summed E-state index contributed by atoms with van der Waals surface area (Å²) in [5.41, 5.74) is 12.9. The molecule has 0 unspecified atom stereocenters. The van der Waals surface area contributed by atoms with Gasteiger partial charge in [0.05, 0.1) is 14.2 Å². The first-order chi connectivity index (χ1) is 25.2. The fourth-order valence-corrected chi connectivity index (χ4v) is 6.33. The Morgan fingerprint density at radius 1 is 0.415 bits per heavy atom. The molecule has 4 heteroatoms. The van der Waals surface area contributed by atoms with E-state index in [1.807, 2.05) is 0 Å². The number of ether oxygens (including phenoxy) is 2. The van der Waals surface area contributed by atoms with Crippen LogP contribution in [0.25, 0.3) is 0 Å². The third-order valence-corrected chi connectivity index (χ3v) is 10.1. The topological polar surface area (TPSA) is 58.9 Å². The molecule has 0 atom stereocenters. The minimum atomic E-state index is 0.00661. The Hall–Kier alpha value is -3.66. The molecule has 0 aliphatic carbocycles. The fourth-order valence-electron chi connectivity index (χ4n) is 6.33. The van der Waals surface area contributed by atoms with Gasteiger partial charge in [0.1, 0.15) is 0 Å². The van der Waals surface area contributed by atoms with Crippen LogP contribution in [0.2, 0.25) is 0 Å². The van der Waals surface area contributed by atoms with Gasteiger partial charge >= 0.3 is 0 Å². The molecule has 1 aromatic carbocycles. The van der Waals surface area contributed by atoms with E-state index >= 15 is 0 Å². The summed E-state index contributed by atoms with van der Waals surface area (Å²) in [5.74, 6) is 0.357. The molecule has 0 heterocycles. The summed E-state index contributed by atoms with van der Waals surface area (Å²) in [5, 5.41) is 21.2. The Balaban J connectivity index is 2.36. The summed E-state index contributed by atoms with van der Waals surface area (Å²) < 4.78 is 10.5. The summed E-state index contributed by atoms with van der Waals surface area (Å²) in [7, 11) is 2.91. The van der Waals surface area contributed by atoms with Gasteiger partial charge in [0.2, 0.25) is 11.5 Å². The molecule has 0 radical (unpaired) electrons. The van der Waals surface area contributed by atoms with Crippen molar-refractivity contribution in [2.75, 3.05) is 14.2 Å². The van der Waals surface area contributed by atoms with E-state index in [4.69, 9.17) is 9.47 Å². The molecule has 1 aromatic rings. The number of phenolic OH excluding ortho intramolecular Hbond substituents is 2. The van der Waals surface area contributed by atoms with E-state index in [0.717, 1.165) is 77.0 Å². The van der Waals surface area contributed by atoms with Crippen molar-refractivity contribution in [3.8, 4) is 23.0 Å². The highest BCUT2D eigenvalue weighted by molar-refractivity contribution is 5.66. The largest absolute Gasteiger partial charge is 0.504 e. The van der Waals surface area contributed by atoms with Crippen LogP contribution in [0.3, 0.4) is 0 Å². The van der Waals surface area contributed by atoms with Gasteiger partial charge in [-0.2, -0.15) is 0 Å². The fraction of sp³-hybridized carbons (Fsp3) is 0.551. The van der Waals surface area contributed by atoms with Crippen LogP contribution < -0.4 is 9.47 Å². The second-order valence-electron chi connectivity index (χ2n) is 15.5. The molecule has 0 aromatic heterocycles. The van der Waals surface area contributed by atoms with Crippen LogP contribution in [0, 0.1) is 6.92 Å². The van der Waals surface area contributed by atoms with Gasteiger partial charge in [0.25, 0.3) is 0 Å². The summed E-state index contributed by atoms with van der Waals surface area (Å²) in [6.45, 7) is 21.9. The van der Waals surface area contributed by atoms with Gasteiger partial charge in [-0.15, -0.1) is 0 Å². The van der Waals surface area contributed by atoms with Crippen molar-refractivity contribution in [3.63, 3.8) is 0 Å². The Morgan fingerprint density at radius 3 is 0.962 bits per heavy atom. The Bertz CT molecular complexity index is 1520. The Labute approximate surface area is 325 Å². The first-order valence-electron chi connectivity index (χ1n) is 20.1. The van der Waals surface area contributed by atoms with Crippen LogP contribution in [-0.2, 0) is 6.42 Å². The SMILES string of the molecule is COc1c(O)c(C)c(C/C=C(\C)CC/C=C(\C)CC/C=C(\C)CC/C=C(/C)CC/C=C(\C)CC/C=C(\C)CC/C=C(/C)CCC=C(C)C)c(O)c1OC. The van der Waals surface area contributed by atoms with Crippen LogP contribution in [0.1, 0.15) is 163 Å². The number of aromatic hydroxyl groups is 2. The van der Waals surface area contributed by atoms with Crippen LogP contribution in [-0.4, -0.2) is 24.4 Å². The lowest BCUT2D eigenvalue weighted by molar-refractivity contribution is 0.314. The Kier molecular flexibility index (Phi) is 24.1. The van der Waals surface area contributed by atoms with Crippen LogP contribution in [0.5, 0.6) is 23.0 Å². The summed E-state index contributed by atoms with van der Waals surface area (Å²) >= 11 is 0. The van der Waals surface area contributed by atoms with Gasteiger partial charge in [-0.25, -0.2) is 0 Å². The van der Waals surface area contributed by atoms with Gasteiger partial charge in [-0.05, 0) is 166 Å². The minimum absolute atomic E-state index is 0.00661. The summed E-state index contributed by atoms with van der Waals surface area (Å²) in [6, 6.07) is 0. The molecule has 4 nitrogen and oxygen atoms in total. The zero-order chi connectivity index (χ0) is 39.8.